The van der Waals surface area contributed by atoms with Gasteiger partial charge in [0, 0.05) is 40.1 Å². The number of fused-ring (bicyclic) bond motifs is 3. The minimum Gasteiger partial charge on any atom is -0.481 e. The Bertz CT molecular complexity index is 5140. The van der Waals surface area contributed by atoms with Gasteiger partial charge in [-0.2, -0.15) is 0 Å². The number of aryl methyl sites for hydroxylation is 6. The minimum absolute atomic E-state index is 0.0445. The van der Waals surface area contributed by atoms with Gasteiger partial charge in [0.15, 0.2) is 34.5 Å². The molecule has 23 nitrogen and oxygen atoms in total. The number of hydrogen-bond acceptors (Lipinski definition) is 19. The standard InChI is InChI=1S/C24H21F2N3O4.C23H19F2N3O4.C17H13ClF2N2O3.C13H20BNO3/c1-13-4-8-19(28-21(13)16-6-9-20(31-3)27-14(16)2)29-22(30)23(10-11-23)15-5-7-17-18(12-15)33-24(25,26)32-17;1-12-3-7-18(27-20(12)15-5-8-19(29)26-13(15)2)28-21(30)22(9-10-22)14-4-6-16-17(11-14)32-23(24,25)31-16;1-9-2-5-13(21-14(9)18)22-15(23)16(6-7-16)10-3-4-11-12(8-10)25-17(19,20)24-11;1-9-10(7-8-11(15-9)16-6)14-17-12(2,3)13(4,5)18-14/h4-9,12H,10-11H2,1-3H3,(H,28,29,30);3-8,11H,9-10H2,1-2H3,(H,26,29)(H,27,28,30);2-5,8H,6-7H2,1H3,(H,21,22,23);7-8H,1-6H3. The molecule has 10 heterocycles. The molecule has 108 heavy (non-hydrogen) atoms. The van der Waals surface area contributed by atoms with Gasteiger partial charge in [-0.3, -0.25) is 19.2 Å². The van der Waals surface area contributed by atoms with E-state index in [9.17, 15) is 45.5 Å². The molecule has 0 unspecified atom stereocenters. The molecule has 0 spiro atoms. The number of carbonyl (C=O) groups excluding carboxylic acids is 3. The highest BCUT2D eigenvalue weighted by atomic mass is 35.5. The van der Waals surface area contributed by atoms with Gasteiger partial charge < -0.3 is 68.1 Å². The van der Waals surface area contributed by atoms with Crippen LogP contribution in [0.15, 0.2) is 132 Å². The third kappa shape index (κ3) is 15.3. The summed E-state index contributed by atoms with van der Waals surface area (Å²) in [6, 6.07) is 34.4. The number of alkyl halides is 6. The Labute approximate surface area is 620 Å². The van der Waals surface area contributed by atoms with E-state index in [1.807, 2.05) is 92.6 Å². The second kappa shape index (κ2) is 28.0. The lowest BCUT2D eigenvalue weighted by molar-refractivity contribution is -0.287. The first-order chi connectivity index (χ1) is 50.9. The van der Waals surface area contributed by atoms with E-state index in [0.717, 1.165) is 44.7 Å². The van der Waals surface area contributed by atoms with Gasteiger partial charge in [0.1, 0.15) is 22.6 Å². The number of aromatic amines is 1. The zero-order valence-corrected chi connectivity index (χ0v) is 61.3. The molecule has 0 atom stereocenters. The maximum Gasteiger partial charge on any atom is 0.586 e. The molecule has 0 bridgehead atoms. The van der Waals surface area contributed by atoms with Crippen LogP contribution in [0.1, 0.15) is 117 Å². The van der Waals surface area contributed by atoms with Gasteiger partial charge in [-0.05, 0) is 214 Å². The highest BCUT2D eigenvalue weighted by molar-refractivity contribution is 6.62. The van der Waals surface area contributed by atoms with E-state index in [1.54, 1.807) is 75.7 Å². The number of nitrogens with one attached hydrogen (secondary N) is 4. The fourth-order valence-electron chi connectivity index (χ4n) is 12.7. The Morgan fingerprint density at radius 1 is 0.444 bits per heavy atom. The maximum atomic E-state index is 13.4. The summed E-state index contributed by atoms with van der Waals surface area (Å²) in [6.45, 7) is 19.4. The number of benzene rings is 3. The number of hydrogen-bond donors (Lipinski definition) is 4. The predicted octanol–water partition coefficient (Wildman–Crippen LogP) is 14.5. The summed E-state index contributed by atoms with van der Waals surface area (Å²) < 4.78 is 129. The fraction of sp³-hybridized carbons (Fsp3) is 0.338. The van der Waals surface area contributed by atoms with Crippen LogP contribution in [0.2, 0.25) is 5.15 Å². The van der Waals surface area contributed by atoms with Crippen LogP contribution in [0.5, 0.6) is 46.3 Å². The van der Waals surface area contributed by atoms with Crippen molar-refractivity contribution in [1.29, 1.82) is 0 Å². The highest BCUT2D eigenvalue weighted by Gasteiger charge is 2.57. The van der Waals surface area contributed by atoms with Crippen LogP contribution in [0.25, 0.3) is 22.5 Å². The first kappa shape index (κ1) is 75.3. The molecule has 4 N–H and O–H groups in total. The van der Waals surface area contributed by atoms with Crippen LogP contribution in [0, 0.1) is 41.5 Å². The number of anilines is 3. The number of carbonyl (C=O) groups is 3. The van der Waals surface area contributed by atoms with Gasteiger partial charge in [0.2, 0.25) is 35.0 Å². The number of methoxy groups -OCH3 is 2. The van der Waals surface area contributed by atoms with Crippen molar-refractivity contribution in [2.75, 3.05) is 30.2 Å². The van der Waals surface area contributed by atoms with Crippen LogP contribution in [0.3, 0.4) is 0 Å². The number of ether oxygens (including phenoxy) is 8. The van der Waals surface area contributed by atoms with E-state index in [1.165, 1.54) is 42.5 Å². The molecule has 16 rings (SSSR count). The molecular weight excluding hydrogens is 1440 g/mol. The van der Waals surface area contributed by atoms with Crippen molar-refractivity contribution in [3.05, 3.63) is 193 Å². The average molecular weight is 1510 g/mol. The van der Waals surface area contributed by atoms with Crippen molar-refractivity contribution in [3.63, 3.8) is 0 Å². The Morgan fingerprint density at radius 3 is 1.18 bits per heavy atom. The molecule has 0 radical (unpaired) electrons. The largest absolute Gasteiger partial charge is 0.586 e. The zero-order valence-electron chi connectivity index (χ0n) is 60.5. The van der Waals surface area contributed by atoms with Crippen molar-refractivity contribution in [3.8, 4) is 68.8 Å². The van der Waals surface area contributed by atoms with E-state index >= 15 is 0 Å². The van der Waals surface area contributed by atoms with Crippen molar-refractivity contribution in [1.82, 2.24) is 29.9 Å². The summed E-state index contributed by atoms with van der Waals surface area (Å²) in [7, 11) is 2.80. The lowest BCUT2D eigenvalue weighted by atomic mass is 9.78. The Morgan fingerprint density at radius 2 is 0.806 bits per heavy atom. The predicted molar refractivity (Wildman–Crippen MR) is 385 cm³/mol. The van der Waals surface area contributed by atoms with Gasteiger partial charge >= 0.3 is 26.0 Å². The van der Waals surface area contributed by atoms with Crippen LogP contribution < -0.4 is 64.9 Å². The molecule has 6 aromatic heterocycles. The summed E-state index contributed by atoms with van der Waals surface area (Å²) in [4.78, 5) is 75.5. The molecule has 3 saturated carbocycles. The molecule has 562 valence electrons. The number of H-pyrrole nitrogens is 1. The van der Waals surface area contributed by atoms with E-state index in [4.69, 9.17) is 30.4 Å². The number of halogens is 7. The second-order valence-corrected chi connectivity index (χ2v) is 28.4. The summed E-state index contributed by atoms with van der Waals surface area (Å²) in [5.74, 6) is 1.05. The monoisotopic (exact) mass is 1510 g/mol. The van der Waals surface area contributed by atoms with Gasteiger partial charge in [-0.25, -0.2) is 24.9 Å². The summed E-state index contributed by atoms with van der Waals surface area (Å²) in [5.41, 5.74) is 7.30. The molecule has 9 aromatic rings. The Hall–Kier alpha value is -11.0. The summed E-state index contributed by atoms with van der Waals surface area (Å²) in [6.07, 6.45) is -7.53. The Balaban J connectivity index is 0.000000130. The van der Waals surface area contributed by atoms with Gasteiger partial charge in [0.25, 0.3) is 0 Å². The van der Waals surface area contributed by atoms with Crippen molar-refractivity contribution in [2.45, 2.75) is 154 Å². The number of nitrogens with zero attached hydrogens (tertiary/aromatic N) is 5. The molecule has 3 aliphatic carbocycles. The smallest absolute Gasteiger partial charge is 0.481 e. The molecule has 4 fully saturated rings. The normalized spacial score (nSPS) is 18.1. The second-order valence-electron chi connectivity index (χ2n) is 28.1. The van der Waals surface area contributed by atoms with Crippen LogP contribution in [0.4, 0.5) is 43.8 Å². The number of rotatable bonds is 14. The fourth-order valence-corrected chi connectivity index (χ4v) is 12.9. The quantitative estimate of drug-likeness (QED) is 0.0447. The molecule has 3 amide bonds. The molecule has 7 aliphatic rings. The van der Waals surface area contributed by atoms with Crippen LogP contribution in [-0.2, 0) is 39.9 Å². The van der Waals surface area contributed by atoms with E-state index < -0.39 is 35.1 Å². The topological polar surface area (TPSA) is 277 Å². The molecular formula is C77H73BClF6N9O14. The first-order valence-corrected chi connectivity index (χ1v) is 34.6. The summed E-state index contributed by atoms with van der Waals surface area (Å²) >= 11 is 5.97. The number of pyridine rings is 6. The van der Waals surface area contributed by atoms with Crippen molar-refractivity contribution < 1.29 is 87.9 Å². The van der Waals surface area contributed by atoms with Crippen LogP contribution in [-0.4, -0.2) is 99.0 Å². The third-order valence-corrected chi connectivity index (χ3v) is 20.5. The molecule has 1 saturated heterocycles. The summed E-state index contributed by atoms with van der Waals surface area (Å²) in [5, 5.41) is 8.80. The van der Waals surface area contributed by atoms with E-state index in [0.29, 0.717) is 107 Å². The number of amides is 3. The van der Waals surface area contributed by atoms with Gasteiger partial charge in [0.05, 0.1) is 58.7 Å². The highest BCUT2D eigenvalue weighted by Crippen LogP contribution is 2.56. The van der Waals surface area contributed by atoms with Crippen molar-refractivity contribution in [2.24, 2.45) is 0 Å². The van der Waals surface area contributed by atoms with Gasteiger partial charge in [-0.15, -0.1) is 26.3 Å². The van der Waals surface area contributed by atoms with E-state index in [-0.39, 0.29) is 76.1 Å². The molecule has 31 heteroatoms. The SMILES string of the molecule is COc1ccc(-c2nc(NC(=O)C3(c4ccc5c(c4)OC(F)(F)O5)CC3)ccc2C)c(C)n1.COc1ccc(B2OC(C)(C)C(C)(C)O2)c(C)n1.Cc1ccc(NC(=O)C2(c3ccc4c(c3)OC(F)(F)O4)CC2)nc1-c1ccc(=O)[nH]c1C.Cc1ccc(NC(=O)C2(c3ccc4c(c3)OC(F)(F)O4)CC2)nc1Cl. The first-order valence-electron chi connectivity index (χ1n) is 34.3. The lowest BCUT2D eigenvalue weighted by Gasteiger charge is -2.32. The average Bonchev–Trinajstić information content (AvgIpc) is 1.59. The van der Waals surface area contributed by atoms with Gasteiger partial charge in [-0.1, -0.05) is 54.1 Å². The minimum atomic E-state index is -3.71. The van der Waals surface area contributed by atoms with Crippen molar-refractivity contribution >= 4 is 59.4 Å². The maximum absolute atomic E-state index is 13.4. The Kier molecular flexibility index (Phi) is 19.5. The lowest BCUT2D eigenvalue weighted by Crippen LogP contribution is -2.41. The zero-order chi connectivity index (χ0) is 77.4. The van der Waals surface area contributed by atoms with Crippen LogP contribution >= 0.6 is 11.6 Å². The molecule has 3 aromatic carbocycles. The molecule has 4 aliphatic heterocycles. The number of aromatic nitrogens is 6. The third-order valence-electron chi connectivity index (χ3n) is 20.1. The van der Waals surface area contributed by atoms with E-state index in [2.05, 4.69) is 74.3 Å².